The minimum atomic E-state index is -0.425. The minimum Gasteiger partial charge on any atom is -0.378 e. The highest BCUT2D eigenvalue weighted by Crippen LogP contribution is 2.23. The molecule has 1 atom stereocenters. The molecule has 2 amide bonds. The summed E-state index contributed by atoms with van der Waals surface area (Å²) in [6.45, 7) is 4.64. The number of hydrogen-bond acceptors (Lipinski definition) is 7. The summed E-state index contributed by atoms with van der Waals surface area (Å²) < 4.78 is 5.31. The molecule has 2 heterocycles. The zero-order valence-electron chi connectivity index (χ0n) is 14.3. The van der Waals surface area contributed by atoms with Gasteiger partial charge in [0.1, 0.15) is 5.69 Å². The molecule has 138 valence electrons. The molecule has 2 aromatic rings. The van der Waals surface area contributed by atoms with Gasteiger partial charge in [-0.2, -0.15) is 0 Å². The van der Waals surface area contributed by atoms with Crippen LogP contribution < -0.4 is 15.8 Å². The molecule has 0 spiro atoms. The number of nitrogens with one attached hydrogen (secondary N) is 2. The van der Waals surface area contributed by atoms with E-state index in [9.17, 15) is 9.59 Å². The lowest BCUT2D eigenvalue weighted by molar-refractivity contribution is -0.121. The van der Waals surface area contributed by atoms with Crippen molar-refractivity contribution in [1.29, 1.82) is 0 Å². The van der Waals surface area contributed by atoms with Gasteiger partial charge in [-0.1, -0.05) is 18.2 Å². The number of thiazole rings is 1. The Morgan fingerprint density at radius 2 is 1.96 bits per heavy atom. The lowest BCUT2D eigenvalue weighted by Crippen LogP contribution is -2.45. The van der Waals surface area contributed by atoms with E-state index in [1.807, 2.05) is 30.3 Å². The summed E-state index contributed by atoms with van der Waals surface area (Å²) in [5, 5.41) is 2.14. The number of anilines is 1. The van der Waals surface area contributed by atoms with Crippen LogP contribution in [0.5, 0.6) is 0 Å². The third kappa shape index (κ3) is 4.96. The highest BCUT2D eigenvalue weighted by atomic mass is 32.2. The van der Waals surface area contributed by atoms with Crippen molar-refractivity contribution in [3.05, 3.63) is 41.4 Å². The highest BCUT2D eigenvalue weighted by molar-refractivity contribution is 8.00. The van der Waals surface area contributed by atoms with Crippen LogP contribution in [-0.2, 0) is 9.53 Å². The minimum absolute atomic E-state index is 0.268. The molecule has 1 saturated heterocycles. The number of nitrogens with zero attached hydrogens (tertiary/aromatic N) is 2. The number of thioether (sulfide) groups is 1. The van der Waals surface area contributed by atoms with Gasteiger partial charge in [0.15, 0.2) is 5.13 Å². The highest BCUT2D eigenvalue weighted by Gasteiger charge is 2.19. The molecule has 0 radical (unpaired) electrons. The molecule has 0 bridgehead atoms. The van der Waals surface area contributed by atoms with E-state index in [2.05, 4.69) is 20.7 Å². The van der Waals surface area contributed by atoms with Crippen LogP contribution >= 0.6 is 23.1 Å². The molecule has 7 nitrogen and oxygen atoms in total. The molecule has 3 rings (SSSR count). The average Bonchev–Trinajstić information content (AvgIpc) is 3.17. The molecule has 1 aromatic heterocycles. The topological polar surface area (TPSA) is 83.6 Å². The quantitative estimate of drug-likeness (QED) is 0.598. The van der Waals surface area contributed by atoms with Crippen molar-refractivity contribution in [3.63, 3.8) is 0 Å². The van der Waals surface area contributed by atoms with Crippen molar-refractivity contribution >= 4 is 40.0 Å². The van der Waals surface area contributed by atoms with Crippen molar-refractivity contribution in [2.24, 2.45) is 0 Å². The van der Waals surface area contributed by atoms with Crippen LogP contribution in [0.15, 0.2) is 40.6 Å². The van der Waals surface area contributed by atoms with Gasteiger partial charge in [-0.25, -0.2) is 4.98 Å². The number of benzene rings is 1. The first-order valence-corrected chi connectivity index (χ1v) is 9.99. The molecule has 1 aromatic carbocycles. The second-order valence-electron chi connectivity index (χ2n) is 5.63. The van der Waals surface area contributed by atoms with Gasteiger partial charge in [-0.3, -0.25) is 20.4 Å². The maximum atomic E-state index is 12.2. The zero-order chi connectivity index (χ0) is 18.4. The first-order valence-electron chi connectivity index (χ1n) is 8.23. The fraction of sp³-hybridized carbons (Fsp3) is 0.353. The summed E-state index contributed by atoms with van der Waals surface area (Å²) in [6, 6.07) is 9.64. The molecular weight excluding hydrogens is 372 g/mol. The van der Waals surface area contributed by atoms with Crippen LogP contribution in [0, 0.1) is 0 Å². The summed E-state index contributed by atoms with van der Waals surface area (Å²) >= 11 is 2.83. The van der Waals surface area contributed by atoms with Gasteiger partial charge in [0.2, 0.25) is 0 Å². The van der Waals surface area contributed by atoms with E-state index in [-0.39, 0.29) is 11.2 Å². The zero-order valence-corrected chi connectivity index (χ0v) is 15.9. The number of carbonyl (C=O) groups excluding carboxylic acids is 2. The van der Waals surface area contributed by atoms with Gasteiger partial charge in [-0.15, -0.1) is 23.1 Å². The second-order valence-corrected chi connectivity index (χ2v) is 7.88. The van der Waals surface area contributed by atoms with E-state index in [1.54, 1.807) is 12.3 Å². The Morgan fingerprint density at radius 3 is 2.69 bits per heavy atom. The Bertz CT molecular complexity index is 747. The van der Waals surface area contributed by atoms with Crippen LogP contribution in [0.25, 0.3) is 0 Å². The number of ether oxygens (including phenoxy) is 1. The number of carbonyl (C=O) groups is 2. The standard InChI is InChI=1S/C17H20N4O3S2/c1-12(26-13-5-3-2-4-6-13)15(22)19-20-16(23)14-11-25-17(18-14)21-7-9-24-10-8-21/h2-6,11-12H,7-10H2,1H3,(H,19,22)(H,20,23)/t12-/m0/s1. The fourth-order valence-corrected chi connectivity index (χ4v) is 4.06. The van der Waals surface area contributed by atoms with Crippen molar-refractivity contribution in [1.82, 2.24) is 15.8 Å². The number of morpholine rings is 1. The predicted octanol–water partition coefficient (Wildman–Crippen LogP) is 1.92. The summed E-state index contributed by atoms with van der Waals surface area (Å²) in [5.74, 6) is -0.693. The van der Waals surface area contributed by atoms with Crippen molar-refractivity contribution in [2.45, 2.75) is 17.1 Å². The normalized spacial score (nSPS) is 15.3. The van der Waals surface area contributed by atoms with E-state index < -0.39 is 5.91 Å². The van der Waals surface area contributed by atoms with Crippen LogP contribution in [0.1, 0.15) is 17.4 Å². The summed E-state index contributed by atoms with van der Waals surface area (Å²) in [4.78, 5) is 31.8. The van der Waals surface area contributed by atoms with Crippen molar-refractivity contribution in [2.75, 3.05) is 31.2 Å². The molecular formula is C17H20N4O3S2. The molecule has 0 unspecified atom stereocenters. The van der Waals surface area contributed by atoms with E-state index in [4.69, 9.17) is 4.74 Å². The molecule has 1 fully saturated rings. The Labute approximate surface area is 160 Å². The van der Waals surface area contributed by atoms with Crippen molar-refractivity contribution < 1.29 is 14.3 Å². The van der Waals surface area contributed by atoms with E-state index in [1.165, 1.54) is 23.1 Å². The monoisotopic (exact) mass is 392 g/mol. The molecule has 26 heavy (non-hydrogen) atoms. The molecule has 9 heteroatoms. The maximum Gasteiger partial charge on any atom is 0.289 e. The first-order chi connectivity index (χ1) is 12.6. The third-order valence-corrected chi connectivity index (χ3v) is 5.74. The Kier molecular flexibility index (Phi) is 6.48. The lowest BCUT2D eigenvalue weighted by atomic mass is 10.4. The average molecular weight is 393 g/mol. The van der Waals surface area contributed by atoms with Gasteiger partial charge in [0.25, 0.3) is 11.8 Å². The van der Waals surface area contributed by atoms with Crippen LogP contribution in [0.2, 0.25) is 0 Å². The smallest absolute Gasteiger partial charge is 0.289 e. The van der Waals surface area contributed by atoms with Gasteiger partial charge in [0.05, 0.1) is 18.5 Å². The number of hydrogen-bond donors (Lipinski definition) is 2. The van der Waals surface area contributed by atoms with E-state index in [0.29, 0.717) is 18.9 Å². The SMILES string of the molecule is C[C@H](Sc1ccccc1)C(=O)NNC(=O)c1csc(N2CCOCC2)n1. The van der Waals surface area contributed by atoms with E-state index >= 15 is 0 Å². The predicted molar refractivity (Wildman–Crippen MR) is 103 cm³/mol. The first kappa shape index (κ1) is 18.7. The Balaban J connectivity index is 1.48. The van der Waals surface area contributed by atoms with E-state index in [0.717, 1.165) is 23.1 Å². The summed E-state index contributed by atoms with van der Waals surface area (Å²) in [5.41, 5.74) is 5.18. The number of aromatic nitrogens is 1. The number of hydrazine groups is 1. The maximum absolute atomic E-state index is 12.2. The molecule has 1 aliphatic rings. The van der Waals surface area contributed by atoms with Crippen LogP contribution in [0.4, 0.5) is 5.13 Å². The number of rotatable bonds is 5. The third-order valence-electron chi connectivity index (χ3n) is 3.73. The Morgan fingerprint density at radius 1 is 1.23 bits per heavy atom. The molecule has 0 aliphatic carbocycles. The van der Waals surface area contributed by atoms with Gasteiger partial charge in [0, 0.05) is 23.4 Å². The van der Waals surface area contributed by atoms with Gasteiger partial charge < -0.3 is 9.64 Å². The summed E-state index contributed by atoms with van der Waals surface area (Å²) in [6.07, 6.45) is 0. The second kappa shape index (κ2) is 9.02. The summed E-state index contributed by atoms with van der Waals surface area (Å²) in [7, 11) is 0. The van der Waals surface area contributed by atoms with Crippen LogP contribution in [0.3, 0.4) is 0 Å². The van der Waals surface area contributed by atoms with Crippen molar-refractivity contribution in [3.8, 4) is 0 Å². The molecule has 2 N–H and O–H groups in total. The molecule has 0 saturated carbocycles. The molecule has 1 aliphatic heterocycles. The van der Waals surface area contributed by atoms with Crippen LogP contribution in [-0.4, -0.2) is 48.4 Å². The fourth-order valence-electron chi connectivity index (χ4n) is 2.31. The van der Waals surface area contributed by atoms with Gasteiger partial charge >= 0.3 is 0 Å². The lowest BCUT2D eigenvalue weighted by Gasteiger charge is -2.25. The largest absolute Gasteiger partial charge is 0.378 e. The Hall–Kier alpha value is -2.10. The van der Waals surface area contributed by atoms with Gasteiger partial charge in [-0.05, 0) is 19.1 Å². The number of amides is 2.